The third-order valence-electron chi connectivity index (χ3n) is 7.82. The molecule has 5 rings (SSSR count). The molecule has 0 aromatic heterocycles. The summed E-state index contributed by atoms with van der Waals surface area (Å²) in [6.45, 7) is 4.55. The molecule has 9 heteroatoms. The molecule has 3 unspecified atom stereocenters. The van der Waals surface area contributed by atoms with E-state index in [4.69, 9.17) is 16.3 Å². The van der Waals surface area contributed by atoms with Gasteiger partial charge < -0.3 is 19.6 Å². The van der Waals surface area contributed by atoms with Gasteiger partial charge in [0.25, 0.3) is 0 Å². The lowest BCUT2D eigenvalue weighted by molar-refractivity contribution is -0.100. The molecule has 0 amide bonds. The van der Waals surface area contributed by atoms with Crippen LogP contribution >= 0.6 is 36.4 Å². The first kappa shape index (κ1) is 30.6. The fourth-order valence-corrected chi connectivity index (χ4v) is 5.79. The van der Waals surface area contributed by atoms with Gasteiger partial charge in [0.1, 0.15) is 11.9 Å². The molecule has 1 saturated heterocycles. The summed E-state index contributed by atoms with van der Waals surface area (Å²) >= 11 is 6.13. The van der Waals surface area contributed by atoms with Crippen LogP contribution in [0.25, 0.3) is 10.8 Å². The van der Waals surface area contributed by atoms with Gasteiger partial charge in [-0.15, -0.1) is 24.8 Å². The second-order valence-electron chi connectivity index (χ2n) is 10.2. The van der Waals surface area contributed by atoms with Crippen LogP contribution in [0.2, 0.25) is 5.02 Å². The second kappa shape index (κ2) is 12.9. The molecule has 2 aliphatic rings. The lowest BCUT2D eigenvalue weighted by Gasteiger charge is -2.46. The highest BCUT2D eigenvalue weighted by atomic mass is 35.5. The molecule has 38 heavy (non-hydrogen) atoms. The average molecular weight is 584 g/mol. The molecule has 2 fully saturated rings. The minimum absolute atomic E-state index is 0. The van der Waals surface area contributed by atoms with Crippen LogP contribution in [0.1, 0.15) is 35.2 Å². The number of carbonyl (C=O) groups excluding carboxylic acids is 1. The molecule has 1 aliphatic carbocycles. The number of piperazine rings is 1. The normalized spacial score (nSPS) is 24.3. The first-order valence-electron chi connectivity index (χ1n) is 12.6. The van der Waals surface area contributed by atoms with E-state index in [1.165, 1.54) is 12.1 Å². The summed E-state index contributed by atoms with van der Waals surface area (Å²) in [6, 6.07) is 18.0. The summed E-state index contributed by atoms with van der Waals surface area (Å²) in [4.78, 5) is 17.5. The maximum Gasteiger partial charge on any atom is 0.340 e. The van der Waals surface area contributed by atoms with Crippen LogP contribution in [0, 0.1) is 11.7 Å². The predicted octanol–water partition coefficient (Wildman–Crippen LogP) is 5.94. The quantitative estimate of drug-likeness (QED) is 0.377. The number of esters is 1. The maximum atomic E-state index is 13.7. The van der Waals surface area contributed by atoms with Gasteiger partial charge in [-0.3, -0.25) is 0 Å². The van der Waals surface area contributed by atoms with Crippen LogP contribution in [-0.2, 0) is 10.3 Å². The molecule has 206 valence electrons. The van der Waals surface area contributed by atoms with E-state index < -0.39 is 17.4 Å². The van der Waals surface area contributed by atoms with Gasteiger partial charge in [0.15, 0.2) is 0 Å². The first-order chi connectivity index (χ1) is 17.3. The largest absolute Gasteiger partial charge is 0.459 e. The van der Waals surface area contributed by atoms with Crippen molar-refractivity contribution in [3.63, 3.8) is 0 Å². The van der Waals surface area contributed by atoms with Gasteiger partial charge in [0, 0.05) is 38.6 Å². The zero-order valence-electron chi connectivity index (χ0n) is 21.3. The molecule has 3 aromatic carbocycles. The number of rotatable bonds is 5. The Hall–Kier alpha value is -1.93. The lowest BCUT2D eigenvalue weighted by Crippen LogP contribution is -2.52. The fraction of sp³-hybridized carbons (Fsp3) is 0.414. The van der Waals surface area contributed by atoms with Gasteiger partial charge in [0.2, 0.25) is 0 Å². The minimum atomic E-state index is -1.03. The monoisotopic (exact) mass is 582 g/mol. The predicted molar refractivity (Wildman–Crippen MR) is 154 cm³/mol. The summed E-state index contributed by atoms with van der Waals surface area (Å²) in [6.07, 6.45) is 1.13. The number of halogens is 4. The number of fused-ring (bicyclic) bond motifs is 1. The Bertz CT molecular complexity index is 1250. The number of likely N-dealkylation sites (N-methyl/N-ethyl adjacent to an activating group) is 1. The van der Waals surface area contributed by atoms with Gasteiger partial charge in [-0.05, 0) is 66.9 Å². The van der Waals surface area contributed by atoms with Gasteiger partial charge in [0.05, 0.1) is 16.2 Å². The van der Waals surface area contributed by atoms with Gasteiger partial charge in [-0.25, -0.2) is 9.18 Å². The number of hydrogen-bond donors (Lipinski definition) is 1. The molecule has 1 aliphatic heterocycles. The van der Waals surface area contributed by atoms with Gasteiger partial charge >= 0.3 is 5.97 Å². The van der Waals surface area contributed by atoms with Gasteiger partial charge in [-0.2, -0.15) is 0 Å². The summed E-state index contributed by atoms with van der Waals surface area (Å²) in [5.74, 6) is -1.29. The first-order valence-corrected chi connectivity index (χ1v) is 13.0. The van der Waals surface area contributed by atoms with E-state index in [0.29, 0.717) is 25.8 Å². The fourth-order valence-electron chi connectivity index (χ4n) is 5.60. The highest BCUT2D eigenvalue weighted by Crippen LogP contribution is 2.44. The Labute approximate surface area is 240 Å². The van der Waals surface area contributed by atoms with Crippen molar-refractivity contribution >= 4 is 53.2 Å². The Kier molecular flexibility index (Phi) is 10.4. The maximum absolute atomic E-state index is 13.7. The zero-order chi connectivity index (χ0) is 25.3. The molecule has 5 nitrogen and oxygen atoms in total. The van der Waals surface area contributed by atoms with E-state index in [9.17, 15) is 14.3 Å². The van der Waals surface area contributed by atoms with Crippen LogP contribution in [0.15, 0.2) is 60.7 Å². The molecule has 0 spiro atoms. The number of aliphatic hydroxyl groups is 1. The van der Waals surface area contributed by atoms with Crippen molar-refractivity contribution in [1.29, 1.82) is 0 Å². The third kappa shape index (κ3) is 6.61. The topological polar surface area (TPSA) is 53.0 Å². The van der Waals surface area contributed by atoms with E-state index in [0.717, 1.165) is 48.6 Å². The minimum Gasteiger partial charge on any atom is -0.459 e. The molecular formula is C29H34Cl3FN2O3. The smallest absolute Gasteiger partial charge is 0.340 e. The van der Waals surface area contributed by atoms with Crippen LogP contribution in [-0.4, -0.2) is 66.8 Å². The van der Waals surface area contributed by atoms with Crippen LogP contribution in [0.3, 0.4) is 0 Å². The number of benzene rings is 3. The van der Waals surface area contributed by atoms with Crippen molar-refractivity contribution in [3.8, 4) is 0 Å². The van der Waals surface area contributed by atoms with Crippen molar-refractivity contribution in [3.05, 3.63) is 82.6 Å². The molecule has 1 N–H and O–H groups in total. The summed E-state index contributed by atoms with van der Waals surface area (Å²) in [5, 5.41) is 14.5. The summed E-state index contributed by atoms with van der Waals surface area (Å²) in [5.41, 5.74) is -0.104. The number of nitrogens with zero attached hydrogens (tertiary/aromatic N) is 2. The zero-order valence-corrected chi connectivity index (χ0v) is 23.7. The molecule has 0 radical (unpaired) electrons. The van der Waals surface area contributed by atoms with Crippen LogP contribution in [0.4, 0.5) is 4.39 Å². The van der Waals surface area contributed by atoms with E-state index in [2.05, 4.69) is 41.1 Å². The second-order valence-corrected chi connectivity index (χ2v) is 10.6. The van der Waals surface area contributed by atoms with E-state index >= 15 is 0 Å². The highest BCUT2D eigenvalue weighted by Gasteiger charge is 2.45. The molecule has 3 atom stereocenters. The Balaban J connectivity index is 0.00000200. The highest BCUT2D eigenvalue weighted by molar-refractivity contribution is 6.33. The van der Waals surface area contributed by atoms with Gasteiger partial charge in [-0.1, -0.05) is 48.0 Å². The Morgan fingerprint density at radius 1 is 1.05 bits per heavy atom. The van der Waals surface area contributed by atoms with Crippen LogP contribution in [0.5, 0.6) is 0 Å². The SMILES string of the molecule is CN1CCN(CC2CC(OC(=O)c3cc(F)ccc3Cl)CCC2(O)c2ccc3ccccc3c2)CC1.Cl.Cl. The number of carbonyl (C=O) groups is 1. The molecule has 1 heterocycles. The van der Waals surface area contributed by atoms with Crippen molar-refractivity contribution in [2.24, 2.45) is 5.92 Å². The number of ether oxygens (including phenoxy) is 1. The average Bonchev–Trinajstić information content (AvgIpc) is 2.88. The molecule has 0 bridgehead atoms. The third-order valence-corrected chi connectivity index (χ3v) is 8.15. The lowest BCUT2D eigenvalue weighted by atomic mass is 9.70. The standard InChI is InChI=1S/C29H32ClFN2O3.2ClH/c1-32-12-14-33(15-13-32)19-23-17-25(36-28(34)26-18-24(31)8-9-27(26)30)10-11-29(23,35)22-7-6-20-4-2-3-5-21(20)16-22;;/h2-9,16,18,23,25,35H,10-15,17,19H2,1H3;2*1H. The van der Waals surface area contributed by atoms with Crippen molar-refractivity contribution in [2.75, 3.05) is 39.8 Å². The van der Waals surface area contributed by atoms with E-state index in [1.807, 2.05) is 18.2 Å². The summed E-state index contributed by atoms with van der Waals surface area (Å²) in [7, 11) is 2.12. The molecule has 3 aromatic rings. The number of hydrogen-bond acceptors (Lipinski definition) is 5. The van der Waals surface area contributed by atoms with Crippen molar-refractivity contribution < 1.29 is 19.0 Å². The molecular weight excluding hydrogens is 550 g/mol. The Morgan fingerprint density at radius 3 is 2.50 bits per heavy atom. The van der Waals surface area contributed by atoms with Crippen molar-refractivity contribution in [2.45, 2.75) is 31.0 Å². The molecule has 1 saturated carbocycles. The van der Waals surface area contributed by atoms with E-state index in [1.54, 1.807) is 0 Å². The summed E-state index contributed by atoms with van der Waals surface area (Å²) < 4.78 is 19.5. The Morgan fingerprint density at radius 2 is 1.76 bits per heavy atom. The van der Waals surface area contributed by atoms with E-state index in [-0.39, 0.29) is 47.4 Å². The van der Waals surface area contributed by atoms with Crippen LogP contribution < -0.4 is 0 Å². The van der Waals surface area contributed by atoms with Crippen molar-refractivity contribution in [1.82, 2.24) is 9.80 Å².